The van der Waals surface area contributed by atoms with Gasteiger partial charge in [0.1, 0.15) is 0 Å². The second-order valence-electron chi connectivity index (χ2n) is 5.20. The monoisotopic (exact) mass is 250 g/mol. The van der Waals surface area contributed by atoms with Crippen molar-refractivity contribution in [1.82, 2.24) is 0 Å². The highest BCUT2D eigenvalue weighted by Crippen LogP contribution is 2.40. The van der Waals surface area contributed by atoms with Crippen LogP contribution in [0.3, 0.4) is 0 Å². The molecule has 0 saturated heterocycles. The van der Waals surface area contributed by atoms with Crippen molar-refractivity contribution in [2.24, 2.45) is 0 Å². The van der Waals surface area contributed by atoms with Gasteiger partial charge >= 0.3 is 5.97 Å². The average molecular weight is 250 g/mol. The lowest BCUT2D eigenvalue weighted by molar-refractivity contribution is -0.138. The van der Waals surface area contributed by atoms with E-state index in [2.05, 4.69) is 18.2 Å². The van der Waals surface area contributed by atoms with Crippen LogP contribution in [0.2, 0.25) is 0 Å². The van der Waals surface area contributed by atoms with E-state index >= 15 is 0 Å². The van der Waals surface area contributed by atoms with Crippen molar-refractivity contribution >= 4 is 17.7 Å². The molecular weight excluding hydrogens is 232 g/mol. The van der Waals surface area contributed by atoms with Crippen molar-refractivity contribution < 1.29 is 9.90 Å². The van der Waals surface area contributed by atoms with Crippen LogP contribution in [0.5, 0.6) is 0 Å². The molecule has 1 N–H and O–H groups in total. The third-order valence-electron chi connectivity index (χ3n) is 3.26. The van der Waals surface area contributed by atoms with Gasteiger partial charge in [0.15, 0.2) is 0 Å². The largest absolute Gasteiger partial charge is 0.481 e. The molecule has 0 aromatic heterocycles. The van der Waals surface area contributed by atoms with Gasteiger partial charge in [-0.15, -0.1) is 11.8 Å². The first kappa shape index (κ1) is 12.5. The van der Waals surface area contributed by atoms with Crippen LogP contribution in [0.25, 0.3) is 0 Å². The number of fused-ring (bicyclic) bond motifs is 1. The number of aliphatic carboxylic acids is 1. The summed E-state index contributed by atoms with van der Waals surface area (Å²) < 4.78 is 0. The number of carbonyl (C=O) groups is 1. The maximum atomic E-state index is 10.9. The zero-order valence-corrected chi connectivity index (χ0v) is 11.1. The predicted octanol–water partition coefficient (Wildman–Crippen LogP) is 3.48. The molecule has 2 nitrogen and oxygen atoms in total. The van der Waals surface area contributed by atoms with Crippen LogP contribution in [0.15, 0.2) is 23.1 Å². The van der Waals surface area contributed by atoms with Gasteiger partial charge < -0.3 is 5.11 Å². The molecule has 1 aromatic rings. The number of rotatable bonds is 3. The third-order valence-corrected chi connectivity index (χ3v) is 4.52. The normalized spacial score (nSPS) is 15.4. The van der Waals surface area contributed by atoms with Crippen molar-refractivity contribution in [1.29, 1.82) is 0 Å². The van der Waals surface area contributed by atoms with Gasteiger partial charge in [-0.2, -0.15) is 0 Å². The molecule has 17 heavy (non-hydrogen) atoms. The van der Waals surface area contributed by atoms with Crippen LogP contribution in [-0.4, -0.2) is 16.8 Å². The Labute approximate surface area is 106 Å². The summed E-state index contributed by atoms with van der Waals surface area (Å²) in [6.07, 6.45) is 2.53. The number of carboxylic acid groups (broad SMARTS) is 1. The zero-order chi connectivity index (χ0) is 12.5. The first-order valence-corrected chi connectivity index (χ1v) is 6.96. The van der Waals surface area contributed by atoms with Crippen molar-refractivity contribution in [2.45, 2.75) is 43.4 Å². The van der Waals surface area contributed by atoms with Crippen LogP contribution in [0.1, 0.15) is 37.8 Å². The van der Waals surface area contributed by atoms with Gasteiger partial charge in [-0.25, -0.2) is 0 Å². The van der Waals surface area contributed by atoms with Gasteiger partial charge in [0.05, 0.1) is 6.42 Å². The molecule has 1 heterocycles. The Kier molecular flexibility index (Phi) is 3.48. The number of thioether (sulfide) groups is 1. The van der Waals surface area contributed by atoms with Gasteiger partial charge in [0.2, 0.25) is 0 Å². The summed E-state index contributed by atoms with van der Waals surface area (Å²) in [4.78, 5) is 12.3. The highest BCUT2D eigenvalue weighted by atomic mass is 32.2. The molecule has 92 valence electrons. The minimum Gasteiger partial charge on any atom is -0.481 e. The Morgan fingerprint density at radius 2 is 2.24 bits per heavy atom. The summed E-state index contributed by atoms with van der Waals surface area (Å²) in [7, 11) is 0. The third kappa shape index (κ3) is 2.65. The summed E-state index contributed by atoms with van der Waals surface area (Å²) in [6.45, 7) is 4.04. The Morgan fingerprint density at radius 3 is 2.94 bits per heavy atom. The van der Waals surface area contributed by atoms with Gasteiger partial charge in [-0.3, -0.25) is 4.79 Å². The second-order valence-corrected chi connectivity index (χ2v) is 6.31. The quantitative estimate of drug-likeness (QED) is 0.892. The predicted molar refractivity (Wildman–Crippen MR) is 70.8 cm³/mol. The van der Waals surface area contributed by atoms with E-state index in [0.29, 0.717) is 0 Å². The van der Waals surface area contributed by atoms with Crippen molar-refractivity contribution in [3.63, 3.8) is 0 Å². The lowest BCUT2D eigenvalue weighted by Gasteiger charge is -2.29. The molecule has 0 fully saturated rings. The molecule has 0 amide bonds. The van der Waals surface area contributed by atoms with E-state index in [4.69, 9.17) is 5.11 Å². The van der Waals surface area contributed by atoms with Gasteiger partial charge in [-0.05, 0) is 29.7 Å². The van der Waals surface area contributed by atoms with Crippen molar-refractivity contribution in [3.05, 3.63) is 29.3 Å². The molecule has 0 radical (unpaired) electrons. The van der Waals surface area contributed by atoms with Gasteiger partial charge in [-0.1, -0.05) is 32.0 Å². The maximum Gasteiger partial charge on any atom is 0.304 e. The topological polar surface area (TPSA) is 37.3 Å². The molecule has 0 spiro atoms. The second kappa shape index (κ2) is 4.73. The maximum absolute atomic E-state index is 10.9. The molecule has 0 saturated carbocycles. The first-order valence-electron chi connectivity index (χ1n) is 5.98. The standard InChI is InChI=1S/C14H18O2S/c1-14(2,9-12(15)16)11-7-3-5-10-6-4-8-17-13(10)11/h3,5,7H,4,6,8-9H2,1-2H3,(H,15,16). The summed E-state index contributed by atoms with van der Waals surface area (Å²) >= 11 is 1.88. The number of benzene rings is 1. The fraction of sp³-hybridized carbons (Fsp3) is 0.500. The summed E-state index contributed by atoms with van der Waals surface area (Å²) in [5.74, 6) is 0.418. The lowest BCUT2D eigenvalue weighted by atomic mass is 9.80. The van der Waals surface area contributed by atoms with Crippen molar-refractivity contribution in [3.8, 4) is 0 Å². The zero-order valence-electron chi connectivity index (χ0n) is 10.3. The Morgan fingerprint density at radius 1 is 1.47 bits per heavy atom. The van der Waals surface area contributed by atoms with Crippen LogP contribution in [0.4, 0.5) is 0 Å². The Balaban J connectivity index is 2.41. The molecule has 1 aliphatic heterocycles. The summed E-state index contributed by atoms with van der Waals surface area (Å²) in [5.41, 5.74) is 2.29. The van der Waals surface area contributed by atoms with Crippen molar-refractivity contribution in [2.75, 3.05) is 5.75 Å². The molecule has 1 aliphatic rings. The molecule has 3 heteroatoms. The average Bonchev–Trinajstić information content (AvgIpc) is 2.26. The minimum absolute atomic E-state index is 0.185. The number of hydrogen-bond acceptors (Lipinski definition) is 2. The van der Waals surface area contributed by atoms with Gasteiger partial charge in [0, 0.05) is 10.3 Å². The number of aryl methyl sites for hydroxylation is 1. The molecular formula is C14H18O2S. The van der Waals surface area contributed by atoms with E-state index in [1.54, 1.807) is 0 Å². The fourth-order valence-electron chi connectivity index (χ4n) is 2.40. The molecule has 0 unspecified atom stereocenters. The highest BCUT2D eigenvalue weighted by Gasteiger charge is 2.28. The lowest BCUT2D eigenvalue weighted by Crippen LogP contribution is -2.23. The van der Waals surface area contributed by atoms with Crippen LogP contribution in [0, 0.1) is 0 Å². The Hall–Kier alpha value is -0.960. The van der Waals surface area contributed by atoms with E-state index < -0.39 is 5.97 Å². The van der Waals surface area contributed by atoms with E-state index in [1.165, 1.54) is 22.4 Å². The first-order chi connectivity index (χ1) is 8.00. The molecule has 1 aromatic carbocycles. The van der Waals surface area contributed by atoms with E-state index in [1.807, 2.05) is 25.6 Å². The summed E-state index contributed by atoms with van der Waals surface area (Å²) in [5, 5.41) is 9.01. The van der Waals surface area contributed by atoms with E-state index in [-0.39, 0.29) is 11.8 Å². The highest BCUT2D eigenvalue weighted by molar-refractivity contribution is 7.99. The van der Waals surface area contributed by atoms with E-state index in [0.717, 1.165) is 12.2 Å². The smallest absolute Gasteiger partial charge is 0.304 e. The number of hydrogen-bond donors (Lipinski definition) is 1. The molecule has 0 atom stereocenters. The van der Waals surface area contributed by atoms with Crippen LogP contribution >= 0.6 is 11.8 Å². The SMILES string of the molecule is CC(C)(CC(=O)O)c1cccc2c1SCCC2. The minimum atomic E-state index is -0.728. The van der Waals surface area contributed by atoms with Gasteiger partial charge in [0.25, 0.3) is 0 Å². The molecule has 0 bridgehead atoms. The fourth-order valence-corrected chi connectivity index (χ4v) is 3.74. The Bertz CT molecular complexity index is 438. The van der Waals surface area contributed by atoms with Crippen LogP contribution < -0.4 is 0 Å². The van der Waals surface area contributed by atoms with E-state index in [9.17, 15) is 4.79 Å². The van der Waals surface area contributed by atoms with Crippen LogP contribution in [-0.2, 0) is 16.6 Å². The molecule has 2 rings (SSSR count). The number of carboxylic acids is 1. The summed E-state index contributed by atoms with van der Waals surface area (Å²) in [6, 6.07) is 6.31. The molecule has 0 aliphatic carbocycles.